The van der Waals surface area contributed by atoms with E-state index in [4.69, 9.17) is 0 Å². The summed E-state index contributed by atoms with van der Waals surface area (Å²) in [6, 6.07) is 1.60. The predicted molar refractivity (Wildman–Crippen MR) is 77.2 cm³/mol. The third-order valence-electron chi connectivity index (χ3n) is 2.74. The van der Waals surface area contributed by atoms with Crippen LogP contribution in [0.4, 0.5) is 0 Å². The monoisotopic (exact) mass is 280 g/mol. The molecule has 1 aromatic heterocycles. The average molecular weight is 280 g/mol. The van der Waals surface area contributed by atoms with Crippen molar-refractivity contribution >= 4 is 11.8 Å². The number of nitrogens with zero attached hydrogens (tertiary/aromatic N) is 2. The van der Waals surface area contributed by atoms with Crippen LogP contribution >= 0.6 is 0 Å². The molecule has 0 fully saturated rings. The van der Waals surface area contributed by atoms with Gasteiger partial charge in [0.25, 0.3) is 0 Å². The molecule has 6 heteroatoms. The van der Waals surface area contributed by atoms with Crippen molar-refractivity contribution in [1.82, 2.24) is 20.4 Å². The highest BCUT2D eigenvalue weighted by molar-refractivity contribution is 5.88. The molecule has 0 spiro atoms. The van der Waals surface area contributed by atoms with E-state index in [0.29, 0.717) is 5.69 Å². The first-order valence-corrected chi connectivity index (χ1v) is 6.93. The topological polar surface area (TPSA) is 76.0 Å². The minimum absolute atomic E-state index is 0.0589. The summed E-state index contributed by atoms with van der Waals surface area (Å²) >= 11 is 0. The molecular formula is C14H24N4O2. The maximum absolute atomic E-state index is 11.9. The quantitative estimate of drug-likeness (QED) is 0.817. The van der Waals surface area contributed by atoms with Crippen LogP contribution in [0.15, 0.2) is 12.3 Å². The van der Waals surface area contributed by atoms with Gasteiger partial charge in [-0.2, -0.15) is 5.10 Å². The van der Waals surface area contributed by atoms with Crippen LogP contribution in [0.5, 0.6) is 0 Å². The van der Waals surface area contributed by atoms with E-state index in [9.17, 15) is 9.59 Å². The molecular weight excluding hydrogens is 256 g/mol. The summed E-state index contributed by atoms with van der Waals surface area (Å²) in [7, 11) is 0. The number of rotatable bonds is 6. The molecule has 1 atom stereocenters. The Kier molecular flexibility index (Phi) is 5.73. The Morgan fingerprint density at radius 2 is 1.85 bits per heavy atom. The summed E-state index contributed by atoms with van der Waals surface area (Å²) in [5.74, 6) is -0.383. The summed E-state index contributed by atoms with van der Waals surface area (Å²) < 4.78 is 1.80. The highest BCUT2D eigenvalue weighted by Gasteiger charge is 2.17. The Morgan fingerprint density at radius 3 is 2.35 bits per heavy atom. The molecule has 0 aliphatic carbocycles. The van der Waals surface area contributed by atoms with E-state index in [-0.39, 0.29) is 30.3 Å². The van der Waals surface area contributed by atoms with Gasteiger partial charge in [0.2, 0.25) is 11.8 Å². The van der Waals surface area contributed by atoms with Crippen LogP contribution in [0.2, 0.25) is 0 Å². The number of amides is 2. The predicted octanol–water partition coefficient (Wildman–Crippen LogP) is 1.04. The second-order valence-corrected chi connectivity index (χ2v) is 5.51. The number of aromatic nitrogens is 2. The van der Waals surface area contributed by atoms with Gasteiger partial charge in [-0.1, -0.05) is 0 Å². The third-order valence-corrected chi connectivity index (χ3v) is 2.74. The number of hydrogen-bond donors (Lipinski definition) is 2. The molecule has 0 bridgehead atoms. The highest BCUT2D eigenvalue weighted by Crippen LogP contribution is 2.04. The zero-order chi connectivity index (χ0) is 15.3. The molecule has 1 unspecified atom stereocenters. The molecule has 0 saturated carbocycles. The van der Waals surface area contributed by atoms with Crippen LogP contribution in [0, 0.1) is 0 Å². The van der Waals surface area contributed by atoms with E-state index in [1.807, 2.05) is 40.0 Å². The number of hydrogen-bond acceptors (Lipinski definition) is 3. The minimum Gasteiger partial charge on any atom is -0.352 e. The molecule has 112 valence electrons. The fourth-order valence-electron chi connectivity index (χ4n) is 1.69. The van der Waals surface area contributed by atoms with Crippen LogP contribution < -0.4 is 10.6 Å². The van der Waals surface area contributed by atoms with Crippen molar-refractivity contribution < 1.29 is 9.59 Å². The van der Waals surface area contributed by atoms with E-state index >= 15 is 0 Å². The molecule has 2 N–H and O–H groups in total. The van der Waals surface area contributed by atoms with Crippen LogP contribution in [0.25, 0.3) is 0 Å². The largest absolute Gasteiger partial charge is 0.352 e. The summed E-state index contributed by atoms with van der Waals surface area (Å²) in [6.07, 6.45) is 2.03. The van der Waals surface area contributed by atoms with Gasteiger partial charge in [0.1, 0.15) is 6.04 Å². The zero-order valence-corrected chi connectivity index (χ0v) is 12.8. The van der Waals surface area contributed by atoms with Gasteiger partial charge in [-0.05, 0) is 40.7 Å². The van der Waals surface area contributed by atoms with Gasteiger partial charge in [-0.15, -0.1) is 0 Å². The summed E-state index contributed by atoms with van der Waals surface area (Å²) in [4.78, 5) is 23.5. The highest BCUT2D eigenvalue weighted by atomic mass is 16.2. The minimum atomic E-state index is -0.544. The number of carbonyl (C=O) groups is 2. The molecule has 1 aromatic rings. The second-order valence-electron chi connectivity index (χ2n) is 5.51. The maximum atomic E-state index is 11.9. The maximum Gasteiger partial charge on any atom is 0.242 e. The van der Waals surface area contributed by atoms with Gasteiger partial charge < -0.3 is 10.6 Å². The van der Waals surface area contributed by atoms with Crippen LogP contribution in [-0.2, 0) is 16.0 Å². The lowest BCUT2D eigenvalue weighted by Crippen LogP contribution is -2.47. The molecule has 0 radical (unpaired) electrons. The molecule has 0 aliphatic rings. The molecule has 1 heterocycles. The van der Waals surface area contributed by atoms with Crippen LogP contribution in [0.1, 0.15) is 46.4 Å². The van der Waals surface area contributed by atoms with E-state index in [2.05, 4.69) is 15.7 Å². The number of carbonyl (C=O) groups excluding carboxylic acids is 2. The first-order chi connectivity index (χ1) is 9.29. The summed E-state index contributed by atoms with van der Waals surface area (Å²) in [5.41, 5.74) is 0.702. The Hall–Kier alpha value is -1.85. The fraction of sp³-hybridized carbons (Fsp3) is 0.643. The summed E-state index contributed by atoms with van der Waals surface area (Å²) in [5, 5.41) is 9.73. The molecule has 0 aromatic carbocycles. The van der Waals surface area contributed by atoms with E-state index in [0.717, 1.165) is 0 Å². The smallest absolute Gasteiger partial charge is 0.242 e. The van der Waals surface area contributed by atoms with E-state index in [1.54, 1.807) is 11.6 Å². The molecule has 2 amide bonds. The lowest BCUT2D eigenvalue weighted by Gasteiger charge is -2.15. The van der Waals surface area contributed by atoms with Crippen LogP contribution in [0.3, 0.4) is 0 Å². The summed E-state index contributed by atoms with van der Waals surface area (Å²) in [6.45, 7) is 9.47. The fourth-order valence-corrected chi connectivity index (χ4v) is 1.69. The van der Waals surface area contributed by atoms with Crippen molar-refractivity contribution in [1.29, 1.82) is 0 Å². The lowest BCUT2D eigenvalue weighted by atomic mass is 10.2. The van der Waals surface area contributed by atoms with Gasteiger partial charge in [-0.3, -0.25) is 14.3 Å². The third kappa shape index (κ3) is 5.03. The van der Waals surface area contributed by atoms with Crippen LogP contribution in [-0.4, -0.2) is 33.7 Å². The van der Waals surface area contributed by atoms with Gasteiger partial charge in [0.15, 0.2) is 0 Å². The van der Waals surface area contributed by atoms with Crippen molar-refractivity contribution in [3.05, 3.63) is 18.0 Å². The van der Waals surface area contributed by atoms with Crippen molar-refractivity contribution in [2.75, 3.05) is 0 Å². The molecule has 20 heavy (non-hydrogen) atoms. The molecule has 6 nitrogen and oxygen atoms in total. The van der Waals surface area contributed by atoms with Crippen molar-refractivity contribution in [2.45, 2.75) is 59.2 Å². The average Bonchev–Trinajstić information content (AvgIpc) is 2.76. The SMILES string of the molecule is CC(C)NC(=O)C(C)NC(=O)Cc1ccn(C(C)C)n1. The molecule has 0 aliphatic heterocycles. The first-order valence-electron chi connectivity index (χ1n) is 6.93. The van der Waals surface area contributed by atoms with Crippen molar-refractivity contribution in [3.63, 3.8) is 0 Å². The Morgan fingerprint density at radius 1 is 1.20 bits per heavy atom. The van der Waals surface area contributed by atoms with Gasteiger partial charge in [0.05, 0.1) is 12.1 Å². The number of nitrogens with one attached hydrogen (secondary N) is 2. The van der Waals surface area contributed by atoms with Gasteiger partial charge in [-0.25, -0.2) is 0 Å². The van der Waals surface area contributed by atoms with Crippen molar-refractivity contribution in [2.24, 2.45) is 0 Å². The first kappa shape index (κ1) is 16.2. The van der Waals surface area contributed by atoms with Gasteiger partial charge >= 0.3 is 0 Å². The Balaban J connectivity index is 2.48. The van der Waals surface area contributed by atoms with Crippen molar-refractivity contribution in [3.8, 4) is 0 Å². The second kappa shape index (κ2) is 7.07. The lowest BCUT2D eigenvalue weighted by molar-refractivity contribution is -0.128. The standard InChI is InChI=1S/C14H24N4O2/c1-9(2)15-14(20)11(5)16-13(19)8-12-6-7-18(17-12)10(3)4/h6-7,9-11H,8H2,1-5H3,(H,15,20)(H,16,19). The molecule has 1 rings (SSSR count). The Labute approximate surface area is 119 Å². The van der Waals surface area contributed by atoms with E-state index < -0.39 is 6.04 Å². The normalized spacial score (nSPS) is 12.6. The van der Waals surface area contributed by atoms with Gasteiger partial charge in [0, 0.05) is 18.3 Å². The Bertz CT molecular complexity index is 465. The molecule has 0 saturated heterocycles. The zero-order valence-electron chi connectivity index (χ0n) is 12.8. The van der Waals surface area contributed by atoms with E-state index in [1.165, 1.54) is 0 Å².